The van der Waals surface area contributed by atoms with Crippen LogP contribution in [0.4, 0.5) is 5.69 Å². The van der Waals surface area contributed by atoms with Crippen molar-refractivity contribution in [3.05, 3.63) is 99.0 Å². The lowest BCUT2D eigenvalue weighted by molar-refractivity contribution is -0.118. The van der Waals surface area contributed by atoms with Gasteiger partial charge in [0.25, 0.3) is 5.91 Å². The molecule has 3 aromatic carbocycles. The smallest absolute Gasteiger partial charge is 0.262 e. The van der Waals surface area contributed by atoms with Crippen LogP contribution in [0.15, 0.2) is 72.3 Å². The summed E-state index contributed by atoms with van der Waals surface area (Å²) in [6.45, 7) is -0.227. The summed E-state index contributed by atoms with van der Waals surface area (Å²) in [6.07, 6.45) is 1.56. The first-order chi connectivity index (χ1) is 14.9. The predicted molar refractivity (Wildman–Crippen MR) is 120 cm³/mol. The van der Waals surface area contributed by atoms with Gasteiger partial charge in [0, 0.05) is 11.1 Å². The molecule has 0 unspecified atom stereocenters. The van der Waals surface area contributed by atoms with E-state index in [1.54, 1.807) is 72.8 Å². The van der Waals surface area contributed by atoms with Crippen LogP contribution in [0, 0.1) is 0 Å². The number of ether oxygens (including phenoxy) is 1. The highest BCUT2D eigenvalue weighted by Gasteiger charge is 2.32. The van der Waals surface area contributed by atoms with Crippen molar-refractivity contribution in [3.8, 4) is 5.75 Å². The molecule has 1 N–H and O–H groups in total. The van der Waals surface area contributed by atoms with Gasteiger partial charge in [-0.25, -0.2) is 0 Å². The molecule has 0 aliphatic heterocycles. The highest BCUT2D eigenvalue weighted by molar-refractivity contribution is 6.44. The van der Waals surface area contributed by atoms with Crippen molar-refractivity contribution in [1.29, 1.82) is 0 Å². The first kappa shape index (κ1) is 20.8. The van der Waals surface area contributed by atoms with Crippen molar-refractivity contribution in [3.63, 3.8) is 0 Å². The lowest BCUT2D eigenvalue weighted by Gasteiger charge is -2.09. The highest BCUT2D eigenvalue weighted by atomic mass is 35.5. The van der Waals surface area contributed by atoms with Gasteiger partial charge in [-0.2, -0.15) is 0 Å². The minimum absolute atomic E-state index is 0.132. The number of fused-ring (bicyclic) bond motifs is 1. The summed E-state index contributed by atoms with van der Waals surface area (Å²) in [7, 11) is 0. The minimum atomic E-state index is -0.393. The maximum absolute atomic E-state index is 12.5. The summed E-state index contributed by atoms with van der Waals surface area (Å²) >= 11 is 12.0. The Labute approximate surface area is 188 Å². The van der Waals surface area contributed by atoms with Crippen LogP contribution in [0.2, 0.25) is 10.0 Å². The molecule has 0 saturated heterocycles. The molecule has 31 heavy (non-hydrogen) atoms. The van der Waals surface area contributed by atoms with Crippen LogP contribution in [-0.4, -0.2) is 24.1 Å². The van der Waals surface area contributed by atoms with E-state index >= 15 is 0 Å². The van der Waals surface area contributed by atoms with Gasteiger partial charge >= 0.3 is 0 Å². The van der Waals surface area contributed by atoms with Gasteiger partial charge < -0.3 is 10.1 Å². The molecule has 1 aliphatic carbocycles. The van der Waals surface area contributed by atoms with E-state index in [1.165, 1.54) is 0 Å². The highest BCUT2D eigenvalue weighted by Crippen LogP contribution is 2.30. The number of amides is 1. The number of allylic oxidation sites excluding steroid dienone is 1. The molecule has 0 bridgehead atoms. The van der Waals surface area contributed by atoms with Crippen molar-refractivity contribution in [1.82, 2.24) is 0 Å². The van der Waals surface area contributed by atoms with E-state index in [-0.39, 0.29) is 28.8 Å². The molecule has 3 aromatic rings. The van der Waals surface area contributed by atoms with E-state index in [1.807, 2.05) is 0 Å². The quantitative estimate of drug-likeness (QED) is 0.412. The van der Waals surface area contributed by atoms with Crippen LogP contribution in [0.1, 0.15) is 26.3 Å². The number of carbonyl (C=O) groups is 3. The average molecular weight is 452 g/mol. The molecule has 1 aliphatic rings. The third-order valence-corrected chi connectivity index (χ3v) is 5.51. The lowest BCUT2D eigenvalue weighted by atomic mass is 10.1. The number of benzene rings is 3. The van der Waals surface area contributed by atoms with Crippen LogP contribution in [-0.2, 0) is 4.79 Å². The van der Waals surface area contributed by atoms with E-state index in [0.29, 0.717) is 33.1 Å². The second-order valence-electron chi connectivity index (χ2n) is 6.77. The van der Waals surface area contributed by atoms with Gasteiger partial charge in [-0.1, -0.05) is 65.7 Å². The molecule has 1 amide bonds. The molecule has 0 radical (unpaired) electrons. The Morgan fingerprint density at radius 3 is 2.16 bits per heavy atom. The number of hydrogen-bond donors (Lipinski definition) is 1. The fraction of sp³-hybridized carbons (Fsp3) is 0.0417. The number of ketones is 2. The molecule has 7 heteroatoms. The topological polar surface area (TPSA) is 72.5 Å². The molecule has 0 atom stereocenters. The molecular weight excluding hydrogens is 437 g/mol. The number of nitrogens with one attached hydrogen (secondary N) is 1. The van der Waals surface area contributed by atoms with E-state index < -0.39 is 5.91 Å². The summed E-state index contributed by atoms with van der Waals surface area (Å²) in [5.41, 5.74) is 2.05. The molecule has 0 heterocycles. The molecular formula is C24H15Cl2NO4. The van der Waals surface area contributed by atoms with Crippen LogP contribution in [0.25, 0.3) is 6.08 Å². The zero-order valence-electron chi connectivity index (χ0n) is 16.0. The Balaban J connectivity index is 1.39. The lowest BCUT2D eigenvalue weighted by Crippen LogP contribution is -2.20. The summed E-state index contributed by atoms with van der Waals surface area (Å²) in [6, 6.07) is 18.4. The van der Waals surface area contributed by atoms with E-state index in [0.717, 1.165) is 0 Å². The summed E-state index contributed by atoms with van der Waals surface area (Å²) < 4.78 is 5.49. The SMILES string of the molecule is O=C(COc1ccc(C=C2C(=O)c3ccccc3C2=O)cc1)Nc1cccc(Cl)c1Cl. The van der Waals surface area contributed by atoms with Crippen molar-refractivity contribution in [2.45, 2.75) is 0 Å². The Morgan fingerprint density at radius 2 is 1.52 bits per heavy atom. The van der Waals surface area contributed by atoms with Crippen LogP contribution >= 0.6 is 23.2 Å². The second kappa shape index (κ2) is 8.76. The van der Waals surface area contributed by atoms with Gasteiger partial charge in [0.1, 0.15) is 5.75 Å². The molecule has 0 saturated carbocycles. The van der Waals surface area contributed by atoms with E-state index in [4.69, 9.17) is 27.9 Å². The molecule has 154 valence electrons. The Kier molecular flexibility index (Phi) is 5.89. The maximum atomic E-state index is 12.5. The minimum Gasteiger partial charge on any atom is -0.484 e. The second-order valence-corrected chi connectivity index (χ2v) is 7.55. The molecule has 4 rings (SSSR count). The normalized spacial score (nSPS) is 12.5. The number of anilines is 1. The number of carbonyl (C=O) groups excluding carboxylic acids is 3. The first-order valence-electron chi connectivity index (χ1n) is 9.31. The number of hydrogen-bond acceptors (Lipinski definition) is 4. The molecule has 5 nitrogen and oxygen atoms in total. The predicted octanol–water partition coefficient (Wildman–Crippen LogP) is 5.47. The van der Waals surface area contributed by atoms with Gasteiger partial charge in [-0.3, -0.25) is 14.4 Å². The number of Topliss-reactive ketones (excluding diaryl/α,β-unsaturated/α-hetero) is 2. The Morgan fingerprint density at radius 1 is 0.871 bits per heavy atom. The number of halogens is 2. The fourth-order valence-electron chi connectivity index (χ4n) is 3.17. The molecule has 0 fully saturated rings. The summed E-state index contributed by atoms with van der Waals surface area (Å²) in [5, 5.41) is 3.23. The molecule has 0 aromatic heterocycles. The zero-order valence-corrected chi connectivity index (χ0v) is 17.5. The van der Waals surface area contributed by atoms with Crippen molar-refractivity contribution in [2.24, 2.45) is 0 Å². The fourth-order valence-corrected chi connectivity index (χ4v) is 3.51. The van der Waals surface area contributed by atoms with Crippen LogP contribution < -0.4 is 10.1 Å². The van der Waals surface area contributed by atoms with E-state index in [9.17, 15) is 14.4 Å². The van der Waals surface area contributed by atoms with Gasteiger partial charge in [0.15, 0.2) is 18.2 Å². The third kappa shape index (κ3) is 4.38. The van der Waals surface area contributed by atoms with Gasteiger partial charge in [-0.05, 0) is 35.9 Å². The largest absolute Gasteiger partial charge is 0.484 e. The average Bonchev–Trinajstić information content (AvgIpc) is 3.01. The van der Waals surface area contributed by atoms with Crippen molar-refractivity contribution < 1.29 is 19.1 Å². The van der Waals surface area contributed by atoms with Crippen molar-refractivity contribution >= 4 is 52.4 Å². The third-order valence-electron chi connectivity index (χ3n) is 4.69. The zero-order chi connectivity index (χ0) is 22.0. The monoisotopic (exact) mass is 451 g/mol. The van der Waals surface area contributed by atoms with Crippen LogP contribution in [0.3, 0.4) is 0 Å². The standard InChI is InChI=1S/C24H15Cl2NO4/c25-19-6-3-7-20(22(19)26)27-21(28)13-31-15-10-8-14(9-11-15)12-18-23(29)16-4-1-2-5-17(16)24(18)30/h1-12H,13H2,(H,27,28). The Hall–Kier alpha value is -3.41. The first-order valence-corrected chi connectivity index (χ1v) is 10.1. The van der Waals surface area contributed by atoms with Crippen molar-refractivity contribution in [2.75, 3.05) is 11.9 Å². The van der Waals surface area contributed by atoms with E-state index in [2.05, 4.69) is 5.32 Å². The Bertz CT molecular complexity index is 1200. The maximum Gasteiger partial charge on any atom is 0.262 e. The van der Waals surface area contributed by atoms with Gasteiger partial charge in [0.2, 0.25) is 0 Å². The summed E-state index contributed by atoms with van der Waals surface area (Å²) in [4.78, 5) is 37.1. The molecule has 0 spiro atoms. The summed E-state index contributed by atoms with van der Waals surface area (Å²) in [5.74, 6) is -0.494. The number of rotatable bonds is 5. The van der Waals surface area contributed by atoms with Gasteiger partial charge in [-0.15, -0.1) is 0 Å². The van der Waals surface area contributed by atoms with Gasteiger partial charge in [0.05, 0.1) is 21.3 Å². The van der Waals surface area contributed by atoms with Crippen LogP contribution in [0.5, 0.6) is 5.75 Å².